The van der Waals surface area contributed by atoms with Crippen molar-refractivity contribution in [3.63, 3.8) is 0 Å². The van der Waals surface area contributed by atoms with E-state index >= 15 is 0 Å². The zero-order valence-corrected chi connectivity index (χ0v) is 14.4. The number of rotatable bonds is 4. The predicted molar refractivity (Wildman–Crippen MR) is 98.6 cm³/mol. The van der Waals surface area contributed by atoms with Gasteiger partial charge in [-0.15, -0.1) is 0 Å². The summed E-state index contributed by atoms with van der Waals surface area (Å²) in [6.07, 6.45) is 1.72. The van der Waals surface area contributed by atoms with Gasteiger partial charge in [-0.05, 0) is 49.7 Å². The fourth-order valence-corrected chi connectivity index (χ4v) is 2.72. The van der Waals surface area contributed by atoms with Gasteiger partial charge in [0.15, 0.2) is 0 Å². The van der Waals surface area contributed by atoms with Crippen LogP contribution in [0.15, 0.2) is 48.8 Å². The minimum atomic E-state index is -0.342. The highest BCUT2D eigenvalue weighted by Gasteiger charge is 2.18. The Labute approximate surface area is 141 Å². The van der Waals surface area contributed by atoms with Gasteiger partial charge in [-0.2, -0.15) is 0 Å². The van der Waals surface area contributed by atoms with Crippen molar-refractivity contribution in [1.29, 1.82) is 0 Å². The number of hydrogen-bond acceptors (Lipinski definition) is 3. The third-order valence-corrected chi connectivity index (χ3v) is 4.26. The van der Waals surface area contributed by atoms with E-state index in [4.69, 9.17) is 0 Å². The number of carbonyl (C=O) groups excluding carboxylic acids is 1. The number of benzene rings is 2. The maximum atomic E-state index is 12.7. The van der Waals surface area contributed by atoms with Crippen LogP contribution in [0.3, 0.4) is 0 Å². The van der Waals surface area contributed by atoms with Crippen molar-refractivity contribution < 1.29 is 4.79 Å². The number of amides is 1. The molecule has 124 valence electrons. The molecular weight excluding hydrogens is 300 g/mol. The Morgan fingerprint density at radius 3 is 2.67 bits per heavy atom. The van der Waals surface area contributed by atoms with E-state index in [0.717, 1.165) is 28.0 Å². The average Bonchev–Trinajstić information content (AvgIpc) is 2.99. The quantitative estimate of drug-likeness (QED) is 0.798. The van der Waals surface area contributed by atoms with E-state index in [2.05, 4.69) is 16.4 Å². The standard InChI is InChI=1S/C19H22N4O/c1-13-11-15(22(3)4)9-10-16(13)21-19(24)14(2)23-12-20-17-7-5-6-8-18(17)23/h5-12,14H,1-4H3,(H,21,24)/t14-/m1/s1. The fraction of sp³-hybridized carbons (Fsp3) is 0.263. The minimum absolute atomic E-state index is 0.0566. The number of nitrogens with zero attached hydrogens (tertiary/aromatic N) is 3. The summed E-state index contributed by atoms with van der Waals surface area (Å²) in [5.41, 5.74) is 4.83. The molecule has 5 nitrogen and oxygen atoms in total. The van der Waals surface area contributed by atoms with Crippen molar-refractivity contribution in [2.24, 2.45) is 0 Å². The maximum Gasteiger partial charge on any atom is 0.247 e. The normalized spacial score (nSPS) is 12.2. The number of fused-ring (bicyclic) bond motifs is 1. The zero-order valence-electron chi connectivity index (χ0n) is 14.4. The number of para-hydroxylation sites is 2. The molecule has 0 unspecified atom stereocenters. The number of nitrogens with one attached hydrogen (secondary N) is 1. The summed E-state index contributed by atoms with van der Waals surface area (Å²) in [5, 5.41) is 3.02. The molecule has 0 fully saturated rings. The first-order chi connectivity index (χ1) is 11.5. The summed E-state index contributed by atoms with van der Waals surface area (Å²) in [6, 6.07) is 13.5. The van der Waals surface area contributed by atoms with Crippen LogP contribution < -0.4 is 10.2 Å². The van der Waals surface area contributed by atoms with E-state index in [9.17, 15) is 4.79 Å². The number of aromatic nitrogens is 2. The van der Waals surface area contributed by atoms with Crippen LogP contribution in [-0.4, -0.2) is 29.6 Å². The Balaban J connectivity index is 1.82. The number of imidazole rings is 1. The van der Waals surface area contributed by atoms with Crippen LogP contribution in [-0.2, 0) is 4.79 Å². The van der Waals surface area contributed by atoms with Gasteiger partial charge < -0.3 is 14.8 Å². The van der Waals surface area contributed by atoms with Crippen molar-refractivity contribution in [2.75, 3.05) is 24.3 Å². The molecule has 3 aromatic rings. The molecular formula is C19H22N4O. The number of carbonyl (C=O) groups is 1. The second kappa shape index (κ2) is 6.35. The van der Waals surface area contributed by atoms with Crippen LogP contribution in [0, 0.1) is 6.92 Å². The van der Waals surface area contributed by atoms with Gasteiger partial charge in [0.1, 0.15) is 6.04 Å². The van der Waals surface area contributed by atoms with E-state index < -0.39 is 0 Å². The lowest BCUT2D eigenvalue weighted by atomic mass is 10.1. The number of anilines is 2. The van der Waals surface area contributed by atoms with Gasteiger partial charge in [-0.25, -0.2) is 4.98 Å². The molecule has 1 aromatic heterocycles. The van der Waals surface area contributed by atoms with Crippen LogP contribution in [0.5, 0.6) is 0 Å². The molecule has 0 bridgehead atoms. The maximum absolute atomic E-state index is 12.7. The molecule has 0 saturated carbocycles. The van der Waals surface area contributed by atoms with Gasteiger partial charge in [-0.1, -0.05) is 12.1 Å². The topological polar surface area (TPSA) is 50.2 Å². The lowest BCUT2D eigenvalue weighted by molar-refractivity contribution is -0.118. The van der Waals surface area contributed by atoms with Crippen molar-refractivity contribution in [1.82, 2.24) is 9.55 Å². The highest BCUT2D eigenvalue weighted by atomic mass is 16.2. The molecule has 3 rings (SSSR count). The van der Waals surface area contributed by atoms with Crippen LogP contribution in [0.25, 0.3) is 11.0 Å². The largest absolute Gasteiger partial charge is 0.378 e. The summed E-state index contributed by atoms with van der Waals surface area (Å²) in [7, 11) is 4.00. The SMILES string of the molecule is Cc1cc(N(C)C)ccc1NC(=O)[C@@H](C)n1cnc2ccccc21. The molecule has 0 saturated heterocycles. The van der Waals surface area contributed by atoms with E-state index in [1.807, 2.05) is 73.8 Å². The summed E-state index contributed by atoms with van der Waals surface area (Å²) in [6.45, 7) is 3.88. The number of aryl methyl sites for hydroxylation is 1. The molecule has 24 heavy (non-hydrogen) atoms. The molecule has 5 heteroatoms. The second-order valence-corrected chi connectivity index (χ2v) is 6.20. The predicted octanol–water partition coefficient (Wildman–Crippen LogP) is 3.61. The third kappa shape index (κ3) is 2.97. The molecule has 1 N–H and O–H groups in total. The van der Waals surface area contributed by atoms with Crippen molar-refractivity contribution in [2.45, 2.75) is 19.9 Å². The Hall–Kier alpha value is -2.82. The second-order valence-electron chi connectivity index (χ2n) is 6.20. The molecule has 0 spiro atoms. The van der Waals surface area contributed by atoms with Crippen LogP contribution >= 0.6 is 0 Å². The highest BCUT2D eigenvalue weighted by molar-refractivity contribution is 5.95. The molecule has 0 aliphatic carbocycles. The van der Waals surface area contributed by atoms with E-state index in [-0.39, 0.29) is 11.9 Å². The van der Waals surface area contributed by atoms with Gasteiger partial charge in [0.05, 0.1) is 17.4 Å². The Bertz CT molecular complexity index is 882. The van der Waals surface area contributed by atoms with Crippen LogP contribution in [0.2, 0.25) is 0 Å². The van der Waals surface area contributed by atoms with Gasteiger partial charge >= 0.3 is 0 Å². The first-order valence-electron chi connectivity index (χ1n) is 7.98. The van der Waals surface area contributed by atoms with E-state index in [1.54, 1.807) is 6.33 Å². The molecule has 0 radical (unpaired) electrons. The van der Waals surface area contributed by atoms with Crippen LogP contribution in [0.4, 0.5) is 11.4 Å². The Morgan fingerprint density at radius 1 is 1.21 bits per heavy atom. The fourth-order valence-electron chi connectivity index (χ4n) is 2.72. The molecule has 0 aliphatic heterocycles. The smallest absolute Gasteiger partial charge is 0.247 e. The third-order valence-electron chi connectivity index (χ3n) is 4.26. The van der Waals surface area contributed by atoms with Crippen molar-refractivity contribution >= 4 is 28.3 Å². The first kappa shape index (κ1) is 16.1. The van der Waals surface area contributed by atoms with Gasteiger partial charge in [0, 0.05) is 25.5 Å². The van der Waals surface area contributed by atoms with Gasteiger partial charge in [0.2, 0.25) is 5.91 Å². The zero-order chi connectivity index (χ0) is 17.3. The Morgan fingerprint density at radius 2 is 1.96 bits per heavy atom. The molecule has 2 aromatic carbocycles. The van der Waals surface area contributed by atoms with Gasteiger partial charge in [-0.3, -0.25) is 4.79 Å². The van der Waals surface area contributed by atoms with Crippen LogP contribution in [0.1, 0.15) is 18.5 Å². The monoisotopic (exact) mass is 322 g/mol. The Kier molecular flexibility index (Phi) is 4.25. The van der Waals surface area contributed by atoms with E-state index in [1.165, 1.54) is 0 Å². The summed E-state index contributed by atoms with van der Waals surface area (Å²) in [4.78, 5) is 19.1. The van der Waals surface area contributed by atoms with Crippen molar-refractivity contribution in [3.05, 3.63) is 54.4 Å². The van der Waals surface area contributed by atoms with Gasteiger partial charge in [0.25, 0.3) is 0 Å². The van der Waals surface area contributed by atoms with Crippen molar-refractivity contribution in [3.8, 4) is 0 Å². The van der Waals surface area contributed by atoms with E-state index in [0.29, 0.717) is 0 Å². The molecule has 1 heterocycles. The summed E-state index contributed by atoms with van der Waals surface area (Å²) in [5.74, 6) is -0.0566. The first-order valence-corrected chi connectivity index (χ1v) is 7.98. The number of hydrogen-bond donors (Lipinski definition) is 1. The lowest BCUT2D eigenvalue weighted by Gasteiger charge is -2.18. The molecule has 0 aliphatic rings. The average molecular weight is 322 g/mol. The molecule has 1 amide bonds. The lowest BCUT2D eigenvalue weighted by Crippen LogP contribution is -2.23. The summed E-state index contributed by atoms with van der Waals surface area (Å²) < 4.78 is 1.90. The minimum Gasteiger partial charge on any atom is -0.378 e. The summed E-state index contributed by atoms with van der Waals surface area (Å²) >= 11 is 0. The molecule has 1 atom stereocenters. The highest BCUT2D eigenvalue weighted by Crippen LogP contribution is 2.23.